The fourth-order valence-corrected chi connectivity index (χ4v) is 4.08. The van der Waals surface area contributed by atoms with E-state index in [0.29, 0.717) is 17.9 Å². The Morgan fingerprint density at radius 1 is 0.976 bits per heavy atom. The van der Waals surface area contributed by atoms with Crippen LogP contribution in [-0.2, 0) is 43.2 Å². The van der Waals surface area contributed by atoms with Gasteiger partial charge in [0, 0.05) is 69.2 Å². The molecule has 3 aromatic rings. The van der Waals surface area contributed by atoms with E-state index in [0.717, 1.165) is 66.6 Å². The molecule has 42 heavy (non-hydrogen) atoms. The van der Waals surface area contributed by atoms with E-state index in [4.69, 9.17) is 9.15 Å². The third-order valence-corrected chi connectivity index (χ3v) is 6.72. The molecule has 0 aliphatic carbocycles. The molecule has 0 spiro atoms. The summed E-state index contributed by atoms with van der Waals surface area (Å²) in [5, 5.41) is 2.80. The van der Waals surface area contributed by atoms with Gasteiger partial charge in [-0.15, -0.1) is 0 Å². The van der Waals surface area contributed by atoms with Crippen molar-refractivity contribution in [3.05, 3.63) is 77.6 Å². The number of thioether (sulfide) groups is 1. The molecule has 10 heteroatoms. The second-order valence-electron chi connectivity index (χ2n) is 10.8. The average Bonchev–Trinajstić information content (AvgIpc) is 3.28. The molecule has 3 aromatic heterocycles. The number of hydrogen-bond donors (Lipinski definition) is 1. The Bertz CT molecular complexity index is 1120. The van der Waals surface area contributed by atoms with E-state index in [9.17, 15) is 4.39 Å². The Balaban J connectivity index is 0.000000532. The maximum Gasteiger partial charge on any atom is 0.213 e. The zero-order chi connectivity index (χ0) is 30.9. The van der Waals surface area contributed by atoms with Crippen molar-refractivity contribution in [2.75, 3.05) is 37.9 Å². The number of ether oxygens (including phenoxy) is 1. The maximum atomic E-state index is 12.4. The third kappa shape index (κ3) is 16.5. The van der Waals surface area contributed by atoms with Crippen LogP contribution in [-0.4, -0.2) is 58.5 Å². The van der Waals surface area contributed by atoms with Crippen molar-refractivity contribution in [2.45, 2.75) is 85.9 Å². The van der Waals surface area contributed by atoms with Crippen LogP contribution < -0.4 is 5.32 Å². The smallest absolute Gasteiger partial charge is 0.213 e. The van der Waals surface area contributed by atoms with Crippen molar-refractivity contribution < 1.29 is 46.3 Å². The summed E-state index contributed by atoms with van der Waals surface area (Å²) in [6, 6.07) is 9.62. The minimum Gasteiger partial charge on any atom is -0.523 e. The number of nitrogens with one attached hydrogen (secondary N) is 1. The molecule has 0 unspecified atom stereocenters. The first kappa shape index (κ1) is 40.6. The van der Waals surface area contributed by atoms with Crippen LogP contribution in [0.5, 0.6) is 0 Å². The van der Waals surface area contributed by atoms with Gasteiger partial charge in [-0.05, 0) is 76.6 Å². The van der Waals surface area contributed by atoms with Gasteiger partial charge in [0.1, 0.15) is 5.76 Å². The summed E-state index contributed by atoms with van der Waals surface area (Å²) in [5.74, 6) is 3.88. The first-order chi connectivity index (χ1) is 19.4. The van der Waals surface area contributed by atoms with Crippen LogP contribution in [0.2, 0.25) is 0 Å². The zero-order valence-corrected chi connectivity index (χ0v) is 31.0. The molecule has 1 fully saturated rings. The standard InChI is InChI=1S/C9H13N2S.C8H10FN.C8H13NO.C7H15NO.Y/c1-7-4-8(6-12-3)11-9(5-7)10-2;1-6(2)7-4-3-5-8(9)10-7;1-5(2)8-9-6(3)7(4)10-8;1-7(2)8-3-5-9-6-4-8;/h4-5H,2,6H2,1,3H3,(H,10,11);3-6H,1-2H3;5H,1-4H3;7H,3-6H2,1-2H3;/q-1;;;;. The summed E-state index contributed by atoms with van der Waals surface area (Å²) in [6.07, 6.45) is 2.07. The molecule has 1 radical (unpaired) electrons. The number of hydrogen-bond acceptors (Lipinski definition) is 8. The number of aromatic nitrogens is 3. The number of nitrogens with zero attached hydrogens (tertiary/aromatic N) is 4. The molecule has 0 amide bonds. The van der Waals surface area contributed by atoms with Crippen LogP contribution >= 0.6 is 11.8 Å². The third-order valence-electron chi connectivity index (χ3n) is 6.14. The van der Waals surface area contributed by atoms with Crippen molar-refractivity contribution >= 4 is 17.6 Å². The minimum atomic E-state index is -0.397. The first-order valence-corrected chi connectivity index (χ1v) is 15.6. The minimum absolute atomic E-state index is 0. The van der Waals surface area contributed by atoms with E-state index in [2.05, 4.69) is 79.2 Å². The molecule has 1 saturated heterocycles. The molecule has 233 valence electrons. The van der Waals surface area contributed by atoms with Crippen LogP contribution in [0.15, 0.2) is 34.7 Å². The molecule has 7 nitrogen and oxygen atoms in total. The molecule has 0 saturated carbocycles. The van der Waals surface area contributed by atoms with E-state index >= 15 is 0 Å². The van der Waals surface area contributed by atoms with Crippen LogP contribution in [0, 0.1) is 33.8 Å². The van der Waals surface area contributed by atoms with E-state index in [-0.39, 0.29) is 32.7 Å². The van der Waals surface area contributed by atoms with E-state index in [1.807, 2.05) is 39.8 Å². The summed E-state index contributed by atoms with van der Waals surface area (Å²) in [6.45, 7) is 22.6. The Morgan fingerprint density at radius 3 is 2.00 bits per heavy atom. The first-order valence-electron chi connectivity index (χ1n) is 14.3. The number of pyridine rings is 2. The van der Waals surface area contributed by atoms with Gasteiger partial charge < -0.3 is 14.5 Å². The van der Waals surface area contributed by atoms with E-state index < -0.39 is 5.95 Å². The molecule has 1 N–H and O–H groups in total. The molecule has 0 aromatic carbocycles. The largest absolute Gasteiger partial charge is 0.523 e. The molecule has 0 bridgehead atoms. The van der Waals surface area contributed by atoms with Gasteiger partial charge in [-0.1, -0.05) is 33.8 Å². The van der Waals surface area contributed by atoms with Gasteiger partial charge in [0.25, 0.3) is 0 Å². The summed E-state index contributed by atoms with van der Waals surface area (Å²) < 4.78 is 23.0. The number of aryl methyl sites for hydroxylation is 3. The maximum absolute atomic E-state index is 12.4. The van der Waals surface area contributed by atoms with Gasteiger partial charge in [0.2, 0.25) is 5.95 Å². The normalized spacial score (nSPS) is 12.8. The SMILES string of the molecule is CC(C)N1CCOCC1.CC(C)c1cccc(F)n1.Cc1nc(C(C)C)oc1C.[CH2-]Nc1cc(C)cc(CSC)n1.[Y]. The quantitative estimate of drug-likeness (QED) is 0.208. The van der Waals surface area contributed by atoms with Gasteiger partial charge >= 0.3 is 0 Å². The predicted molar refractivity (Wildman–Crippen MR) is 171 cm³/mol. The fourth-order valence-electron chi connectivity index (χ4n) is 3.64. The van der Waals surface area contributed by atoms with Crippen LogP contribution in [0.25, 0.3) is 0 Å². The topological polar surface area (TPSA) is 76.3 Å². The second kappa shape index (κ2) is 22.2. The molecular formula is C32H51FN5O2SY-. The number of oxazole rings is 1. The van der Waals surface area contributed by atoms with Gasteiger partial charge in [0.05, 0.1) is 30.4 Å². The second-order valence-corrected chi connectivity index (χ2v) is 11.6. The van der Waals surface area contributed by atoms with Crippen molar-refractivity contribution in [2.24, 2.45) is 0 Å². The van der Waals surface area contributed by atoms with Gasteiger partial charge in [0.15, 0.2) is 5.89 Å². The molecule has 1 aliphatic heterocycles. The van der Waals surface area contributed by atoms with Gasteiger partial charge in [-0.3, -0.25) is 11.9 Å². The van der Waals surface area contributed by atoms with Crippen molar-refractivity contribution in [3.63, 3.8) is 0 Å². The number of halogens is 1. The molecule has 0 atom stereocenters. The van der Waals surface area contributed by atoms with E-state index in [1.54, 1.807) is 17.8 Å². The monoisotopic (exact) mass is 677 g/mol. The molecule has 1 aliphatic rings. The van der Waals surface area contributed by atoms with Crippen molar-refractivity contribution in [3.8, 4) is 0 Å². The Labute approximate surface area is 283 Å². The van der Waals surface area contributed by atoms with Crippen LogP contribution in [0.1, 0.15) is 87.7 Å². The number of rotatable bonds is 6. The summed E-state index contributed by atoms with van der Waals surface area (Å²) >= 11 is 1.77. The number of morpholine rings is 1. The summed E-state index contributed by atoms with van der Waals surface area (Å²) in [7, 11) is 3.58. The Morgan fingerprint density at radius 2 is 1.62 bits per heavy atom. The predicted octanol–water partition coefficient (Wildman–Crippen LogP) is 7.94. The van der Waals surface area contributed by atoms with Crippen molar-refractivity contribution in [1.29, 1.82) is 0 Å². The molecule has 4 rings (SSSR count). The van der Waals surface area contributed by atoms with Crippen molar-refractivity contribution in [1.82, 2.24) is 19.9 Å². The van der Waals surface area contributed by atoms with Gasteiger partial charge in [-0.2, -0.15) is 16.2 Å². The van der Waals surface area contributed by atoms with Crippen LogP contribution in [0.4, 0.5) is 10.2 Å². The Hall–Kier alpha value is -1.39. The molecule has 4 heterocycles. The summed E-state index contributed by atoms with van der Waals surface area (Å²) in [5.41, 5.74) is 4.14. The fraction of sp³-hybridized carbons (Fsp3) is 0.562. The van der Waals surface area contributed by atoms with Crippen LogP contribution in [0.3, 0.4) is 0 Å². The molecular weight excluding hydrogens is 626 g/mol. The Kier molecular flexibility index (Phi) is 21.4. The van der Waals surface area contributed by atoms with E-state index in [1.165, 1.54) is 11.6 Å². The van der Waals surface area contributed by atoms with Gasteiger partial charge in [-0.25, -0.2) is 15.0 Å². The average molecular weight is 678 g/mol. The zero-order valence-electron chi connectivity index (χ0n) is 27.3. The summed E-state index contributed by atoms with van der Waals surface area (Å²) in [4.78, 5) is 14.7. The number of anilines is 1.